The molecule has 0 radical (unpaired) electrons. The third kappa shape index (κ3) is 44.8. The average Bonchev–Trinajstić information content (AvgIpc) is 3.23. The zero-order valence-electron chi connectivity index (χ0n) is 37.5. The molecule has 330 valence electrons. The topological polar surface area (TPSA) is 78.9 Å². The van der Waals surface area contributed by atoms with Crippen molar-refractivity contribution in [2.75, 3.05) is 13.2 Å². The predicted octanol–water partition coefficient (Wildman–Crippen LogP) is 15.0. The molecular weight excluding hydrogens is 733 g/mol. The van der Waals surface area contributed by atoms with Crippen molar-refractivity contribution < 1.29 is 28.6 Å². The number of carbonyl (C=O) groups is 3. The maximum atomic E-state index is 12.7. The molecule has 6 heteroatoms. The summed E-state index contributed by atoms with van der Waals surface area (Å²) in [5, 5.41) is 0. The second kappa shape index (κ2) is 46.5. The molecule has 0 aromatic heterocycles. The SMILES string of the molecule is CC\C=C/C=C\C=C/C=C\C=C/CCCC(=O)OC(COC(=O)CCC/C=C\C/C=C\C/C=C\C/C=C\CCCCC)COC(=O)CCCCCCC/C=C\CCCC. The Kier molecular flexibility index (Phi) is 43.2. The summed E-state index contributed by atoms with van der Waals surface area (Å²) in [5.41, 5.74) is 0. The maximum Gasteiger partial charge on any atom is 0.306 e. The fourth-order valence-corrected chi connectivity index (χ4v) is 5.56. The van der Waals surface area contributed by atoms with Gasteiger partial charge >= 0.3 is 17.9 Å². The van der Waals surface area contributed by atoms with Gasteiger partial charge < -0.3 is 14.2 Å². The summed E-state index contributed by atoms with van der Waals surface area (Å²) in [7, 11) is 0. The Morgan fingerprint density at radius 2 is 0.763 bits per heavy atom. The lowest BCUT2D eigenvalue weighted by atomic mass is 10.1. The molecule has 59 heavy (non-hydrogen) atoms. The average molecular weight is 815 g/mol. The van der Waals surface area contributed by atoms with Crippen LogP contribution in [0.3, 0.4) is 0 Å². The van der Waals surface area contributed by atoms with Crippen molar-refractivity contribution in [3.05, 3.63) is 122 Å². The largest absolute Gasteiger partial charge is 0.462 e. The van der Waals surface area contributed by atoms with Crippen molar-refractivity contribution in [3.8, 4) is 0 Å². The van der Waals surface area contributed by atoms with Crippen LogP contribution < -0.4 is 0 Å². The quantitative estimate of drug-likeness (QED) is 0.0202. The molecule has 0 aliphatic heterocycles. The molecular formula is C53H82O6. The highest BCUT2D eigenvalue weighted by molar-refractivity contribution is 5.71. The van der Waals surface area contributed by atoms with Crippen LogP contribution in [0.5, 0.6) is 0 Å². The second-order valence-electron chi connectivity index (χ2n) is 14.7. The van der Waals surface area contributed by atoms with Gasteiger partial charge in [-0.25, -0.2) is 0 Å². The van der Waals surface area contributed by atoms with Gasteiger partial charge in [-0.1, -0.05) is 187 Å². The first-order valence-electron chi connectivity index (χ1n) is 23.1. The minimum Gasteiger partial charge on any atom is -0.462 e. The lowest BCUT2D eigenvalue weighted by Gasteiger charge is -2.18. The smallest absolute Gasteiger partial charge is 0.306 e. The summed E-state index contributed by atoms with van der Waals surface area (Å²) in [5.74, 6) is -1.09. The van der Waals surface area contributed by atoms with Crippen LogP contribution in [-0.4, -0.2) is 37.2 Å². The van der Waals surface area contributed by atoms with Gasteiger partial charge in [-0.2, -0.15) is 0 Å². The van der Waals surface area contributed by atoms with Crippen LogP contribution in [0.4, 0.5) is 0 Å². The monoisotopic (exact) mass is 815 g/mol. The molecule has 1 unspecified atom stereocenters. The highest BCUT2D eigenvalue weighted by Gasteiger charge is 2.19. The maximum absolute atomic E-state index is 12.7. The molecule has 0 saturated heterocycles. The molecule has 0 aromatic carbocycles. The molecule has 6 nitrogen and oxygen atoms in total. The Balaban J connectivity index is 4.61. The number of hydrogen-bond donors (Lipinski definition) is 0. The van der Waals surface area contributed by atoms with Gasteiger partial charge in [0.1, 0.15) is 13.2 Å². The van der Waals surface area contributed by atoms with E-state index in [0.29, 0.717) is 25.7 Å². The molecule has 0 aliphatic carbocycles. The molecule has 0 saturated carbocycles. The van der Waals surface area contributed by atoms with Crippen molar-refractivity contribution in [1.29, 1.82) is 0 Å². The van der Waals surface area contributed by atoms with Gasteiger partial charge in [0, 0.05) is 19.3 Å². The van der Waals surface area contributed by atoms with Gasteiger partial charge in [-0.15, -0.1) is 0 Å². The van der Waals surface area contributed by atoms with Crippen LogP contribution >= 0.6 is 0 Å². The van der Waals surface area contributed by atoms with Crippen LogP contribution in [0.15, 0.2) is 122 Å². The van der Waals surface area contributed by atoms with Gasteiger partial charge in [-0.3, -0.25) is 14.4 Å². The Labute approximate surface area is 361 Å². The van der Waals surface area contributed by atoms with Gasteiger partial charge in [0.15, 0.2) is 6.10 Å². The van der Waals surface area contributed by atoms with E-state index in [1.165, 1.54) is 51.4 Å². The van der Waals surface area contributed by atoms with E-state index in [4.69, 9.17) is 14.2 Å². The Morgan fingerprint density at radius 3 is 1.32 bits per heavy atom. The number of allylic oxidation sites excluding steroid dienone is 20. The van der Waals surface area contributed by atoms with E-state index in [9.17, 15) is 14.4 Å². The fourth-order valence-electron chi connectivity index (χ4n) is 5.56. The molecule has 0 aromatic rings. The molecule has 0 aliphatic rings. The number of esters is 3. The van der Waals surface area contributed by atoms with Crippen molar-refractivity contribution in [2.24, 2.45) is 0 Å². The van der Waals surface area contributed by atoms with Crippen molar-refractivity contribution in [3.63, 3.8) is 0 Å². The van der Waals surface area contributed by atoms with E-state index in [0.717, 1.165) is 64.2 Å². The highest BCUT2D eigenvalue weighted by atomic mass is 16.6. The minimum atomic E-state index is -0.842. The van der Waals surface area contributed by atoms with Gasteiger partial charge in [0.2, 0.25) is 0 Å². The summed E-state index contributed by atoms with van der Waals surface area (Å²) in [6.45, 7) is 6.27. The number of ether oxygens (including phenoxy) is 3. The highest BCUT2D eigenvalue weighted by Crippen LogP contribution is 2.11. The summed E-state index contributed by atoms with van der Waals surface area (Å²) in [6.07, 6.45) is 63.4. The fraction of sp³-hybridized carbons (Fsp3) is 0.566. The predicted molar refractivity (Wildman–Crippen MR) is 251 cm³/mol. The Hall–Kier alpha value is -4.19. The number of carbonyl (C=O) groups excluding carboxylic acids is 3. The molecule has 1 atom stereocenters. The first kappa shape index (κ1) is 54.8. The molecule has 0 amide bonds. The molecule has 0 spiro atoms. The third-order valence-corrected chi connectivity index (χ3v) is 9.05. The van der Waals surface area contributed by atoms with Crippen molar-refractivity contribution >= 4 is 17.9 Å². The van der Waals surface area contributed by atoms with E-state index < -0.39 is 12.1 Å². The zero-order chi connectivity index (χ0) is 43.0. The number of hydrogen-bond acceptors (Lipinski definition) is 6. The molecule has 0 heterocycles. The number of rotatable bonds is 39. The van der Waals surface area contributed by atoms with E-state index >= 15 is 0 Å². The van der Waals surface area contributed by atoms with Crippen LogP contribution in [0, 0.1) is 0 Å². The lowest BCUT2D eigenvalue weighted by molar-refractivity contribution is -0.167. The second-order valence-corrected chi connectivity index (χ2v) is 14.7. The van der Waals surface area contributed by atoms with Crippen molar-refractivity contribution in [1.82, 2.24) is 0 Å². The van der Waals surface area contributed by atoms with Crippen LogP contribution in [0.25, 0.3) is 0 Å². The summed E-state index contributed by atoms with van der Waals surface area (Å²) in [6, 6.07) is 0. The van der Waals surface area contributed by atoms with Crippen LogP contribution in [0.2, 0.25) is 0 Å². The molecule has 0 bridgehead atoms. The summed E-state index contributed by atoms with van der Waals surface area (Å²) in [4.78, 5) is 37.7. The Bertz CT molecular complexity index is 1300. The first-order chi connectivity index (χ1) is 29.0. The molecule has 0 N–H and O–H groups in total. The zero-order valence-corrected chi connectivity index (χ0v) is 37.5. The van der Waals surface area contributed by atoms with Gasteiger partial charge in [0.05, 0.1) is 0 Å². The van der Waals surface area contributed by atoms with Gasteiger partial charge in [0.25, 0.3) is 0 Å². The summed E-state index contributed by atoms with van der Waals surface area (Å²) >= 11 is 0. The van der Waals surface area contributed by atoms with Crippen LogP contribution in [0.1, 0.15) is 175 Å². The van der Waals surface area contributed by atoms with Gasteiger partial charge in [-0.05, 0) is 89.9 Å². The minimum absolute atomic E-state index is 0.132. The van der Waals surface area contributed by atoms with Crippen molar-refractivity contribution in [2.45, 2.75) is 181 Å². The first-order valence-corrected chi connectivity index (χ1v) is 23.1. The normalized spacial score (nSPS) is 13.2. The molecule has 0 rings (SSSR count). The van der Waals surface area contributed by atoms with E-state index in [1.807, 2.05) is 54.7 Å². The Morgan fingerprint density at radius 1 is 0.373 bits per heavy atom. The molecule has 0 fully saturated rings. The number of unbranched alkanes of at least 4 members (excludes halogenated alkanes) is 12. The van der Waals surface area contributed by atoms with E-state index in [1.54, 1.807) is 0 Å². The van der Waals surface area contributed by atoms with E-state index in [-0.39, 0.29) is 38.0 Å². The van der Waals surface area contributed by atoms with Crippen LogP contribution in [-0.2, 0) is 28.6 Å². The third-order valence-electron chi connectivity index (χ3n) is 9.05. The summed E-state index contributed by atoms with van der Waals surface area (Å²) < 4.78 is 16.6. The lowest BCUT2D eigenvalue weighted by Crippen LogP contribution is -2.30. The van der Waals surface area contributed by atoms with E-state index in [2.05, 4.69) is 87.6 Å². The standard InChI is InChI=1S/C53H82O6/c1-4-7-10-13-16-19-22-24-25-26-27-29-31-34-37-40-43-46-52(55)58-49-50(48-57-51(54)45-42-39-36-33-30-21-18-15-12-9-6-3)59-53(56)47-44-41-38-35-32-28-23-20-17-14-11-8-5-2/h8,11,14-20,23-25,27-29,32,34-35,37-38,50H,4-7,9-10,12-13,21-22,26,30-31,33,36,39-49H2,1-3H3/b11-8-,17-14-,18-15-,19-16-,23-20-,25-24-,29-27-,32-28-,37-34-,38-35-.